The number of aryl methyl sites for hydroxylation is 1. The van der Waals surface area contributed by atoms with Crippen molar-refractivity contribution in [1.82, 2.24) is 10.3 Å². The van der Waals surface area contributed by atoms with E-state index in [1.807, 2.05) is 25.1 Å². The number of hydrogen-bond acceptors (Lipinski definition) is 6. The molecule has 3 heterocycles. The van der Waals surface area contributed by atoms with Gasteiger partial charge in [0, 0.05) is 29.3 Å². The summed E-state index contributed by atoms with van der Waals surface area (Å²) in [7, 11) is 0. The van der Waals surface area contributed by atoms with Gasteiger partial charge in [0.05, 0.1) is 18.6 Å². The molecule has 172 valence electrons. The van der Waals surface area contributed by atoms with E-state index in [0.29, 0.717) is 35.7 Å². The largest absolute Gasteiger partial charge is 0.487 e. The molecule has 2 aromatic carbocycles. The number of nitrogens with zero attached hydrogens (tertiary/aromatic N) is 1. The predicted octanol–water partition coefficient (Wildman–Crippen LogP) is 3.22. The zero-order valence-corrected chi connectivity index (χ0v) is 18.5. The number of aromatic nitrogens is 1. The average molecular weight is 457 g/mol. The Bertz CT molecular complexity index is 1340. The standard InChI is InChI=1S/C26H23N3O5/c1-13-10-14(2-3-15(13)12-30)26(32)29-23-22-18-11-16(4-6-19(18)34-24(22)23)33-20-8-9-27-25-17(20)5-7-21(31)28-25/h2-4,6,8-11,22-24,30H,5,7,12H2,1H3,(H,29,32)(H,27,28,31)/t22-,23-,24-/m0/s1. The Balaban J connectivity index is 1.18. The van der Waals surface area contributed by atoms with Gasteiger partial charge >= 0.3 is 0 Å². The predicted molar refractivity (Wildman–Crippen MR) is 123 cm³/mol. The molecule has 1 saturated carbocycles. The van der Waals surface area contributed by atoms with E-state index in [9.17, 15) is 14.7 Å². The van der Waals surface area contributed by atoms with Crippen molar-refractivity contribution in [3.63, 3.8) is 0 Å². The highest BCUT2D eigenvalue weighted by molar-refractivity contribution is 5.95. The first-order valence-corrected chi connectivity index (χ1v) is 11.3. The van der Waals surface area contributed by atoms with E-state index in [4.69, 9.17) is 9.47 Å². The molecular formula is C26H23N3O5. The number of nitrogens with one attached hydrogen (secondary N) is 2. The van der Waals surface area contributed by atoms with E-state index in [1.54, 1.807) is 30.5 Å². The molecule has 3 atom stereocenters. The third kappa shape index (κ3) is 3.47. The van der Waals surface area contributed by atoms with Gasteiger partial charge in [-0.05, 0) is 60.9 Å². The van der Waals surface area contributed by atoms with Crippen LogP contribution in [0.3, 0.4) is 0 Å². The molecular weight excluding hydrogens is 434 g/mol. The number of aliphatic hydroxyl groups is 1. The molecule has 0 radical (unpaired) electrons. The topological polar surface area (TPSA) is 110 Å². The number of fused-ring (bicyclic) bond motifs is 4. The Hall–Kier alpha value is -3.91. The Morgan fingerprint density at radius 2 is 2.12 bits per heavy atom. The molecule has 0 saturated heterocycles. The number of benzene rings is 2. The molecule has 6 rings (SSSR count). The van der Waals surface area contributed by atoms with Crippen molar-refractivity contribution in [2.24, 2.45) is 0 Å². The molecule has 8 heteroatoms. The van der Waals surface area contributed by atoms with Gasteiger partial charge in [0.15, 0.2) is 0 Å². The summed E-state index contributed by atoms with van der Waals surface area (Å²) in [6.45, 7) is 1.83. The molecule has 0 bridgehead atoms. The molecule has 0 unspecified atom stereocenters. The minimum absolute atomic E-state index is 0.0424. The van der Waals surface area contributed by atoms with Crippen LogP contribution in [0.25, 0.3) is 0 Å². The molecule has 2 amide bonds. The lowest BCUT2D eigenvalue weighted by Gasteiger charge is -2.19. The third-order valence-electron chi connectivity index (χ3n) is 6.73. The molecule has 3 aromatic rings. The van der Waals surface area contributed by atoms with Crippen LogP contribution in [0.4, 0.5) is 5.82 Å². The van der Waals surface area contributed by atoms with Crippen molar-refractivity contribution in [3.05, 3.63) is 76.5 Å². The third-order valence-corrected chi connectivity index (χ3v) is 6.73. The first-order chi connectivity index (χ1) is 16.5. The summed E-state index contributed by atoms with van der Waals surface area (Å²) in [5.74, 6) is 2.56. The first-order valence-electron chi connectivity index (χ1n) is 11.3. The summed E-state index contributed by atoms with van der Waals surface area (Å²) in [5.41, 5.74) is 4.15. The number of amides is 2. The molecule has 1 aromatic heterocycles. The van der Waals surface area contributed by atoms with Crippen LogP contribution < -0.4 is 20.1 Å². The van der Waals surface area contributed by atoms with Gasteiger partial charge in [-0.25, -0.2) is 4.98 Å². The number of carbonyl (C=O) groups is 2. The molecule has 1 fully saturated rings. The van der Waals surface area contributed by atoms with Gasteiger partial charge in [-0.2, -0.15) is 0 Å². The average Bonchev–Trinajstić information content (AvgIpc) is 3.35. The summed E-state index contributed by atoms with van der Waals surface area (Å²) in [4.78, 5) is 28.7. The second-order valence-corrected chi connectivity index (χ2v) is 8.89. The van der Waals surface area contributed by atoms with Crippen LogP contribution in [0.5, 0.6) is 17.2 Å². The van der Waals surface area contributed by atoms with Crippen molar-refractivity contribution in [1.29, 1.82) is 0 Å². The lowest BCUT2D eigenvalue weighted by Crippen LogP contribution is -2.30. The highest BCUT2D eigenvalue weighted by atomic mass is 16.5. The van der Waals surface area contributed by atoms with Gasteiger partial charge in [0.1, 0.15) is 29.2 Å². The monoisotopic (exact) mass is 457 g/mol. The number of anilines is 1. The lowest BCUT2D eigenvalue weighted by molar-refractivity contribution is -0.116. The van der Waals surface area contributed by atoms with E-state index in [2.05, 4.69) is 15.6 Å². The molecule has 3 aliphatic rings. The van der Waals surface area contributed by atoms with E-state index in [1.165, 1.54) is 0 Å². The van der Waals surface area contributed by atoms with Crippen LogP contribution in [0.2, 0.25) is 0 Å². The summed E-state index contributed by atoms with van der Waals surface area (Å²) in [5, 5.41) is 15.2. The van der Waals surface area contributed by atoms with Crippen LogP contribution in [0, 0.1) is 6.92 Å². The highest BCUT2D eigenvalue weighted by Crippen LogP contribution is 2.54. The minimum Gasteiger partial charge on any atom is -0.487 e. The van der Waals surface area contributed by atoms with Gasteiger partial charge in [-0.1, -0.05) is 6.07 Å². The van der Waals surface area contributed by atoms with E-state index in [0.717, 1.165) is 28.0 Å². The van der Waals surface area contributed by atoms with Crippen LogP contribution in [-0.2, 0) is 17.8 Å². The molecule has 1 aliphatic carbocycles. The van der Waals surface area contributed by atoms with Gasteiger partial charge in [-0.3, -0.25) is 9.59 Å². The van der Waals surface area contributed by atoms with Gasteiger partial charge < -0.3 is 25.2 Å². The van der Waals surface area contributed by atoms with Crippen molar-refractivity contribution < 1.29 is 24.2 Å². The quantitative estimate of drug-likeness (QED) is 0.543. The summed E-state index contributed by atoms with van der Waals surface area (Å²) < 4.78 is 12.2. The highest BCUT2D eigenvalue weighted by Gasteiger charge is 2.59. The normalized spacial score (nSPS) is 21.5. The Labute approximate surface area is 195 Å². The number of pyridine rings is 1. The number of hydrogen-bond donors (Lipinski definition) is 3. The molecule has 8 nitrogen and oxygen atoms in total. The molecule has 34 heavy (non-hydrogen) atoms. The fraction of sp³-hybridized carbons (Fsp3) is 0.269. The SMILES string of the molecule is Cc1cc(C(=O)N[C@@H]2[C@H]3Oc4ccc(Oc5ccnc6c5CCC(=O)N6)cc4[C@@H]23)ccc1CO. The fourth-order valence-corrected chi connectivity index (χ4v) is 4.81. The van der Waals surface area contributed by atoms with Crippen LogP contribution in [0.1, 0.15) is 45.0 Å². The maximum atomic E-state index is 12.8. The Kier molecular flexibility index (Phi) is 4.77. The van der Waals surface area contributed by atoms with E-state index < -0.39 is 0 Å². The summed E-state index contributed by atoms with van der Waals surface area (Å²) in [6.07, 6.45) is 2.51. The summed E-state index contributed by atoms with van der Waals surface area (Å²) in [6, 6.07) is 12.7. The van der Waals surface area contributed by atoms with Crippen molar-refractivity contribution in [2.75, 3.05) is 5.32 Å². The molecule has 3 N–H and O–H groups in total. The number of carbonyl (C=O) groups excluding carboxylic acids is 2. The maximum Gasteiger partial charge on any atom is 0.251 e. The molecule has 0 spiro atoms. The number of aliphatic hydroxyl groups excluding tert-OH is 1. The minimum atomic E-state index is -0.157. The van der Waals surface area contributed by atoms with Crippen LogP contribution in [0.15, 0.2) is 48.7 Å². The zero-order valence-electron chi connectivity index (χ0n) is 18.5. The van der Waals surface area contributed by atoms with Crippen LogP contribution >= 0.6 is 0 Å². The van der Waals surface area contributed by atoms with Crippen molar-refractivity contribution in [3.8, 4) is 17.2 Å². The van der Waals surface area contributed by atoms with Gasteiger partial charge in [-0.15, -0.1) is 0 Å². The lowest BCUT2D eigenvalue weighted by atomic mass is 10.0. The maximum absolute atomic E-state index is 12.8. The fourth-order valence-electron chi connectivity index (χ4n) is 4.81. The Morgan fingerprint density at radius 1 is 1.24 bits per heavy atom. The second-order valence-electron chi connectivity index (χ2n) is 8.89. The van der Waals surface area contributed by atoms with Crippen molar-refractivity contribution >= 4 is 17.6 Å². The van der Waals surface area contributed by atoms with E-state index in [-0.39, 0.29) is 36.5 Å². The van der Waals surface area contributed by atoms with Crippen molar-refractivity contribution in [2.45, 2.75) is 44.4 Å². The Morgan fingerprint density at radius 3 is 2.94 bits per heavy atom. The number of ether oxygens (including phenoxy) is 2. The van der Waals surface area contributed by atoms with E-state index >= 15 is 0 Å². The zero-order chi connectivity index (χ0) is 23.4. The van der Waals surface area contributed by atoms with Crippen LogP contribution in [-0.4, -0.2) is 34.1 Å². The second kappa shape index (κ2) is 7.85. The number of rotatable bonds is 5. The van der Waals surface area contributed by atoms with Gasteiger partial charge in [0.25, 0.3) is 5.91 Å². The molecule has 2 aliphatic heterocycles. The first kappa shape index (κ1) is 20.7. The smallest absolute Gasteiger partial charge is 0.251 e. The summed E-state index contributed by atoms with van der Waals surface area (Å²) >= 11 is 0. The van der Waals surface area contributed by atoms with Gasteiger partial charge in [0.2, 0.25) is 5.91 Å².